The molecule has 0 fully saturated rings. The van der Waals surface area contributed by atoms with Gasteiger partial charge in [-0.05, 0) is 42.3 Å². The number of nitrogens with one attached hydrogen (secondary N) is 1. The van der Waals surface area contributed by atoms with E-state index < -0.39 is 17.6 Å². The molecule has 0 saturated carbocycles. The van der Waals surface area contributed by atoms with Gasteiger partial charge in [0.25, 0.3) is 0 Å². The van der Waals surface area contributed by atoms with Gasteiger partial charge in [-0.2, -0.15) is 13.2 Å². The van der Waals surface area contributed by atoms with Crippen LogP contribution in [0.4, 0.5) is 24.5 Å². The molecule has 34 heavy (non-hydrogen) atoms. The second-order valence-corrected chi connectivity index (χ2v) is 7.84. The monoisotopic (exact) mass is 469 g/mol. The number of pyridine rings is 1. The highest BCUT2D eigenvalue weighted by Gasteiger charge is 2.34. The fraction of sp³-hybridized carbons (Fsp3) is 0.240. The summed E-state index contributed by atoms with van der Waals surface area (Å²) in [5.41, 5.74) is 1.52. The lowest BCUT2D eigenvalue weighted by molar-refractivity contribution is -0.137. The van der Waals surface area contributed by atoms with Crippen molar-refractivity contribution in [2.45, 2.75) is 19.0 Å². The minimum atomic E-state index is -4.56. The number of rotatable bonds is 5. The number of alkyl halides is 3. The first-order chi connectivity index (χ1) is 16.3. The summed E-state index contributed by atoms with van der Waals surface area (Å²) in [6.07, 6.45) is -1.17. The third-order valence-electron chi connectivity index (χ3n) is 5.57. The molecule has 2 amide bonds. The van der Waals surface area contributed by atoms with Crippen LogP contribution >= 0.6 is 0 Å². The number of hydrogen-bond acceptors (Lipinski definition) is 4. The van der Waals surface area contributed by atoms with Crippen molar-refractivity contribution in [3.63, 3.8) is 0 Å². The number of nitrogens with zero attached hydrogens (tertiary/aromatic N) is 2. The number of fused-ring (bicyclic) bond motifs is 2. The fourth-order valence-electron chi connectivity index (χ4n) is 3.90. The normalized spacial score (nSPS) is 14.8. The Labute approximate surface area is 194 Å². The lowest BCUT2D eigenvalue weighted by Gasteiger charge is -2.32. The van der Waals surface area contributed by atoms with E-state index in [4.69, 9.17) is 4.74 Å². The number of anilines is 2. The first-order valence-corrected chi connectivity index (χ1v) is 10.6. The molecule has 0 radical (unpaired) electrons. The van der Waals surface area contributed by atoms with Crippen LogP contribution in [0.1, 0.15) is 24.0 Å². The van der Waals surface area contributed by atoms with E-state index in [0.717, 1.165) is 23.0 Å². The van der Waals surface area contributed by atoms with E-state index in [0.29, 0.717) is 23.2 Å². The van der Waals surface area contributed by atoms with Gasteiger partial charge in [-0.3, -0.25) is 14.6 Å². The highest BCUT2D eigenvalue weighted by molar-refractivity contribution is 6.07. The van der Waals surface area contributed by atoms with Crippen molar-refractivity contribution in [2.24, 2.45) is 0 Å². The lowest BCUT2D eigenvalue weighted by Crippen LogP contribution is -2.36. The molecule has 2 heterocycles. The van der Waals surface area contributed by atoms with Gasteiger partial charge in [0, 0.05) is 42.6 Å². The summed E-state index contributed by atoms with van der Waals surface area (Å²) in [4.78, 5) is 30.9. The van der Waals surface area contributed by atoms with Gasteiger partial charge in [0.2, 0.25) is 11.8 Å². The van der Waals surface area contributed by atoms with Crippen molar-refractivity contribution in [3.8, 4) is 0 Å². The zero-order valence-electron chi connectivity index (χ0n) is 18.4. The number of hydrogen-bond donors (Lipinski definition) is 1. The molecule has 0 unspecified atom stereocenters. The number of amides is 2. The maximum Gasteiger partial charge on any atom is 0.416 e. The highest BCUT2D eigenvalue weighted by Crippen LogP contribution is 2.39. The number of halogens is 3. The van der Waals surface area contributed by atoms with E-state index in [1.54, 1.807) is 18.3 Å². The van der Waals surface area contributed by atoms with Crippen LogP contribution in [0.3, 0.4) is 0 Å². The maximum atomic E-state index is 13.3. The summed E-state index contributed by atoms with van der Waals surface area (Å²) in [6.45, 7) is 0.325. The second kappa shape index (κ2) is 9.64. The molecule has 2 aromatic carbocycles. The van der Waals surface area contributed by atoms with E-state index >= 15 is 0 Å². The Bertz CT molecular complexity index is 1270. The summed E-state index contributed by atoms with van der Waals surface area (Å²) in [5, 5.41) is 3.71. The van der Waals surface area contributed by atoms with E-state index in [9.17, 15) is 22.8 Å². The number of methoxy groups -OCH3 is 1. The first-order valence-electron chi connectivity index (χ1n) is 10.6. The molecule has 4 rings (SSSR count). The number of ether oxygens (including phenoxy) is 1. The van der Waals surface area contributed by atoms with Gasteiger partial charge in [-0.1, -0.05) is 18.2 Å². The number of aromatic nitrogens is 1. The molecule has 0 spiro atoms. The molecule has 0 saturated heterocycles. The lowest BCUT2D eigenvalue weighted by atomic mass is 9.93. The fourth-order valence-corrected chi connectivity index (χ4v) is 3.90. The van der Waals surface area contributed by atoms with E-state index in [1.807, 2.05) is 18.2 Å². The van der Waals surface area contributed by atoms with Crippen molar-refractivity contribution in [1.82, 2.24) is 4.98 Å². The quantitative estimate of drug-likeness (QED) is 0.531. The van der Waals surface area contributed by atoms with Crippen LogP contribution < -0.4 is 10.2 Å². The average Bonchev–Trinajstić information content (AvgIpc) is 2.81. The van der Waals surface area contributed by atoms with E-state index in [1.165, 1.54) is 24.2 Å². The standard InChI is InChI=1S/C25H22F3N3O3/c1-34-12-9-24(33)31-11-8-17(20-7-5-18(14-22(20)31)25(26,27)28)13-23(32)30-19-6-4-16-3-2-10-29-21(16)15-19/h2-7,10,13-15H,8-9,11-12H2,1H3,(H,30,32)/b17-13+. The molecular weight excluding hydrogens is 447 g/mol. The smallest absolute Gasteiger partial charge is 0.384 e. The van der Waals surface area contributed by atoms with Crippen molar-refractivity contribution in [3.05, 3.63) is 71.9 Å². The van der Waals surface area contributed by atoms with Crippen molar-refractivity contribution < 1.29 is 27.5 Å². The Morgan fingerprint density at radius 2 is 2.00 bits per heavy atom. The molecule has 1 aliphatic heterocycles. The van der Waals surface area contributed by atoms with Gasteiger partial charge in [0.15, 0.2) is 0 Å². The third kappa shape index (κ3) is 5.09. The summed E-state index contributed by atoms with van der Waals surface area (Å²) in [5.74, 6) is -0.759. The topological polar surface area (TPSA) is 71.5 Å². The van der Waals surface area contributed by atoms with Crippen LogP contribution in [0, 0.1) is 0 Å². The van der Waals surface area contributed by atoms with Gasteiger partial charge in [-0.25, -0.2) is 0 Å². The molecule has 1 aromatic heterocycles. The summed E-state index contributed by atoms with van der Waals surface area (Å²) in [6, 6.07) is 12.3. The summed E-state index contributed by atoms with van der Waals surface area (Å²) < 4.78 is 45.0. The van der Waals surface area contributed by atoms with Gasteiger partial charge in [0.05, 0.1) is 29.8 Å². The first kappa shape index (κ1) is 23.4. The summed E-state index contributed by atoms with van der Waals surface area (Å²) in [7, 11) is 1.45. The van der Waals surface area contributed by atoms with Crippen LogP contribution in [0.5, 0.6) is 0 Å². The van der Waals surface area contributed by atoms with Crippen molar-refractivity contribution >= 4 is 39.7 Å². The number of carbonyl (C=O) groups excluding carboxylic acids is 2. The zero-order valence-corrected chi connectivity index (χ0v) is 18.4. The van der Waals surface area contributed by atoms with Gasteiger partial charge in [-0.15, -0.1) is 0 Å². The van der Waals surface area contributed by atoms with E-state index in [2.05, 4.69) is 10.3 Å². The number of benzene rings is 2. The van der Waals surface area contributed by atoms with Gasteiger partial charge >= 0.3 is 6.18 Å². The Kier molecular flexibility index (Phi) is 6.65. The van der Waals surface area contributed by atoms with Crippen LogP contribution in [0.15, 0.2) is 60.8 Å². The Hall–Kier alpha value is -3.72. The van der Waals surface area contributed by atoms with Crippen LogP contribution in [0.25, 0.3) is 16.5 Å². The predicted octanol–water partition coefficient (Wildman–Crippen LogP) is 5.05. The Morgan fingerprint density at radius 3 is 2.76 bits per heavy atom. The molecule has 0 atom stereocenters. The Balaban J connectivity index is 1.63. The maximum absolute atomic E-state index is 13.3. The largest absolute Gasteiger partial charge is 0.416 e. The molecule has 0 bridgehead atoms. The SMILES string of the molecule is COCCC(=O)N1CC/C(=C\C(=O)Nc2ccc3cccnc3c2)c2ccc(C(F)(F)F)cc21. The zero-order chi connectivity index (χ0) is 24.3. The molecule has 3 aromatic rings. The van der Waals surface area contributed by atoms with Crippen LogP contribution in [-0.4, -0.2) is 37.1 Å². The van der Waals surface area contributed by atoms with Gasteiger partial charge < -0.3 is 15.0 Å². The minimum absolute atomic E-state index is 0.0434. The average molecular weight is 469 g/mol. The van der Waals surface area contributed by atoms with Crippen LogP contribution in [0.2, 0.25) is 0 Å². The second-order valence-electron chi connectivity index (χ2n) is 7.84. The predicted molar refractivity (Wildman–Crippen MR) is 123 cm³/mol. The minimum Gasteiger partial charge on any atom is -0.384 e. The molecular formula is C25H22F3N3O3. The van der Waals surface area contributed by atoms with Crippen molar-refractivity contribution in [1.29, 1.82) is 0 Å². The molecule has 176 valence electrons. The molecule has 1 N–H and O–H groups in total. The third-order valence-corrected chi connectivity index (χ3v) is 5.57. The highest BCUT2D eigenvalue weighted by atomic mass is 19.4. The molecule has 6 nitrogen and oxygen atoms in total. The van der Waals surface area contributed by atoms with E-state index in [-0.39, 0.29) is 31.2 Å². The summed E-state index contributed by atoms with van der Waals surface area (Å²) >= 11 is 0. The van der Waals surface area contributed by atoms with Crippen LogP contribution in [-0.2, 0) is 20.5 Å². The Morgan fingerprint density at radius 1 is 1.18 bits per heavy atom. The number of carbonyl (C=O) groups is 2. The molecule has 9 heteroatoms. The molecule has 0 aliphatic carbocycles. The molecule has 1 aliphatic rings. The van der Waals surface area contributed by atoms with Gasteiger partial charge in [0.1, 0.15) is 0 Å². The van der Waals surface area contributed by atoms with Crippen molar-refractivity contribution in [2.75, 3.05) is 30.5 Å².